The first-order valence-electron chi connectivity index (χ1n) is 8.86. The molecule has 0 unspecified atom stereocenters. The molecule has 0 bridgehead atoms. The Bertz CT molecular complexity index is 1120. The van der Waals surface area contributed by atoms with Gasteiger partial charge in [-0.15, -0.1) is 11.3 Å². The van der Waals surface area contributed by atoms with Crippen LogP contribution in [0.4, 0.5) is 5.69 Å². The highest BCUT2D eigenvalue weighted by molar-refractivity contribution is 8.01. The van der Waals surface area contributed by atoms with Crippen molar-refractivity contribution in [1.29, 1.82) is 0 Å². The summed E-state index contributed by atoms with van der Waals surface area (Å²) < 4.78 is 6.95. The summed E-state index contributed by atoms with van der Waals surface area (Å²) in [5.41, 5.74) is 2.16. The molecule has 8 heteroatoms. The van der Waals surface area contributed by atoms with Crippen LogP contribution in [-0.4, -0.2) is 22.6 Å². The topological polar surface area (TPSA) is 84.2 Å². The normalized spacial score (nSPS) is 10.8. The number of amides is 2. The maximum atomic E-state index is 12.3. The Morgan fingerprint density at radius 1 is 1.07 bits per heavy atom. The predicted octanol–water partition coefficient (Wildman–Crippen LogP) is 4.55. The first-order valence-corrected chi connectivity index (χ1v) is 10.7. The Kier molecular flexibility index (Phi) is 5.92. The third-order valence-corrected chi connectivity index (χ3v) is 6.19. The average molecular weight is 424 g/mol. The maximum absolute atomic E-state index is 12.3. The van der Waals surface area contributed by atoms with Gasteiger partial charge in [0.1, 0.15) is 5.76 Å². The van der Waals surface area contributed by atoms with Gasteiger partial charge < -0.3 is 15.1 Å². The number of nitrogens with zero attached hydrogens (tertiary/aromatic N) is 1. The zero-order chi connectivity index (χ0) is 20.1. The van der Waals surface area contributed by atoms with E-state index in [1.54, 1.807) is 24.5 Å². The molecular weight excluding hydrogens is 406 g/mol. The van der Waals surface area contributed by atoms with E-state index in [1.807, 2.05) is 42.5 Å². The smallest absolute Gasteiger partial charge is 0.255 e. The molecule has 2 amide bonds. The van der Waals surface area contributed by atoms with Crippen LogP contribution in [0.25, 0.3) is 10.2 Å². The summed E-state index contributed by atoms with van der Waals surface area (Å²) in [4.78, 5) is 28.8. The van der Waals surface area contributed by atoms with Gasteiger partial charge in [0.2, 0.25) is 5.91 Å². The quantitative estimate of drug-likeness (QED) is 0.426. The number of hydrogen-bond acceptors (Lipinski definition) is 6. The van der Waals surface area contributed by atoms with Crippen LogP contribution in [0.3, 0.4) is 0 Å². The molecular formula is C21H17N3O3S2. The predicted molar refractivity (Wildman–Crippen MR) is 115 cm³/mol. The lowest BCUT2D eigenvalue weighted by Gasteiger charge is -2.04. The van der Waals surface area contributed by atoms with Crippen LogP contribution in [0, 0.1) is 0 Å². The Hall–Kier alpha value is -3.10. The number of nitrogens with one attached hydrogen (secondary N) is 2. The molecule has 0 fully saturated rings. The molecule has 0 aliphatic rings. The van der Waals surface area contributed by atoms with Gasteiger partial charge in [0.05, 0.1) is 28.8 Å². The van der Waals surface area contributed by atoms with Gasteiger partial charge in [-0.25, -0.2) is 4.98 Å². The molecule has 0 radical (unpaired) electrons. The largest absolute Gasteiger partial charge is 0.467 e. The molecule has 4 aromatic rings. The van der Waals surface area contributed by atoms with E-state index in [0.29, 0.717) is 23.6 Å². The lowest BCUT2D eigenvalue weighted by atomic mass is 10.2. The Morgan fingerprint density at radius 3 is 2.72 bits per heavy atom. The molecule has 0 atom stereocenters. The third kappa shape index (κ3) is 5.04. The number of thiazole rings is 1. The Labute approximate surface area is 175 Å². The van der Waals surface area contributed by atoms with Crippen LogP contribution in [0.15, 0.2) is 75.7 Å². The molecule has 4 rings (SSSR count). The summed E-state index contributed by atoms with van der Waals surface area (Å²) in [7, 11) is 0. The molecule has 0 saturated carbocycles. The molecule has 0 saturated heterocycles. The van der Waals surface area contributed by atoms with Crippen molar-refractivity contribution in [3.63, 3.8) is 0 Å². The molecule has 2 aromatic carbocycles. The highest BCUT2D eigenvalue weighted by Gasteiger charge is 2.10. The molecule has 146 valence electrons. The minimum atomic E-state index is -0.155. The lowest BCUT2D eigenvalue weighted by molar-refractivity contribution is -0.118. The molecule has 29 heavy (non-hydrogen) atoms. The van der Waals surface area contributed by atoms with Gasteiger partial charge in [-0.05, 0) is 42.5 Å². The van der Waals surface area contributed by atoms with Gasteiger partial charge in [-0.3, -0.25) is 9.59 Å². The summed E-state index contributed by atoms with van der Waals surface area (Å²) in [6.07, 6.45) is 1.58. The van der Waals surface area contributed by atoms with Crippen molar-refractivity contribution in [1.82, 2.24) is 10.3 Å². The van der Waals surface area contributed by atoms with Gasteiger partial charge in [0.15, 0.2) is 4.34 Å². The Morgan fingerprint density at radius 2 is 1.93 bits per heavy atom. The zero-order valence-electron chi connectivity index (χ0n) is 15.3. The highest BCUT2D eigenvalue weighted by Crippen LogP contribution is 2.31. The second-order valence-electron chi connectivity index (χ2n) is 6.13. The third-order valence-electron chi connectivity index (χ3n) is 4.03. The molecule has 0 spiro atoms. The van der Waals surface area contributed by atoms with Gasteiger partial charge in [0.25, 0.3) is 5.91 Å². The van der Waals surface area contributed by atoms with Crippen LogP contribution >= 0.6 is 23.1 Å². The first-order chi connectivity index (χ1) is 14.2. The SMILES string of the molecule is O=C(CSc1nc2ccc(NC(=O)c3ccccc3)cc2s1)NCc1ccco1. The number of carbonyl (C=O) groups excluding carboxylic acids is 2. The summed E-state index contributed by atoms with van der Waals surface area (Å²) in [6, 6.07) is 18.3. The van der Waals surface area contributed by atoms with Crippen molar-refractivity contribution >= 4 is 50.8 Å². The number of furan rings is 1. The summed E-state index contributed by atoms with van der Waals surface area (Å²) in [6.45, 7) is 0.372. The first kappa shape index (κ1) is 19.2. The van der Waals surface area contributed by atoms with Crippen LogP contribution in [0.1, 0.15) is 16.1 Å². The van der Waals surface area contributed by atoms with Crippen LogP contribution < -0.4 is 10.6 Å². The molecule has 2 N–H and O–H groups in total. The second-order valence-corrected chi connectivity index (χ2v) is 8.38. The fraction of sp³-hybridized carbons (Fsp3) is 0.0952. The van der Waals surface area contributed by atoms with E-state index >= 15 is 0 Å². The van der Waals surface area contributed by atoms with E-state index in [9.17, 15) is 9.59 Å². The second kappa shape index (κ2) is 8.93. The number of aromatic nitrogens is 1. The van der Waals surface area contributed by atoms with E-state index in [0.717, 1.165) is 14.6 Å². The molecule has 0 aliphatic carbocycles. The zero-order valence-corrected chi connectivity index (χ0v) is 16.9. The lowest BCUT2D eigenvalue weighted by Crippen LogP contribution is -2.24. The van der Waals surface area contributed by atoms with Gasteiger partial charge in [-0.2, -0.15) is 0 Å². The van der Waals surface area contributed by atoms with Gasteiger partial charge in [0, 0.05) is 11.3 Å². The van der Waals surface area contributed by atoms with Crippen LogP contribution in [-0.2, 0) is 11.3 Å². The minimum absolute atomic E-state index is 0.0820. The van der Waals surface area contributed by atoms with E-state index in [2.05, 4.69) is 15.6 Å². The van der Waals surface area contributed by atoms with Gasteiger partial charge in [-0.1, -0.05) is 30.0 Å². The van der Waals surface area contributed by atoms with Gasteiger partial charge >= 0.3 is 0 Å². The molecule has 2 heterocycles. The van der Waals surface area contributed by atoms with Crippen LogP contribution in [0.5, 0.6) is 0 Å². The number of thioether (sulfide) groups is 1. The standard InChI is InChI=1S/C21H17N3O3S2/c25-19(22-12-16-7-4-10-27-16)13-28-21-24-17-9-8-15(11-18(17)29-21)23-20(26)14-5-2-1-3-6-14/h1-11H,12-13H2,(H,22,25)(H,23,26). The van der Waals surface area contributed by atoms with E-state index in [-0.39, 0.29) is 17.6 Å². The van der Waals surface area contributed by atoms with E-state index in [4.69, 9.17) is 4.42 Å². The van der Waals surface area contributed by atoms with Crippen molar-refractivity contribution in [2.45, 2.75) is 10.9 Å². The number of fused-ring (bicyclic) bond motifs is 1. The highest BCUT2D eigenvalue weighted by atomic mass is 32.2. The number of rotatable bonds is 7. The Balaban J connectivity index is 1.35. The fourth-order valence-corrected chi connectivity index (χ4v) is 4.55. The maximum Gasteiger partial charge on any atom is 0.255 e. The van der Waals surface area contributed by atoms with Crippen molar-refractivity contribution in [2.75, 3.05) is 11.1 Å². The van der Waals surface area contributed by atoms with E-state index in [1.165, 1.54) is 23.1 Å². The van der Waals surface area contributed by atoms with Crippen LogP contribution in [0.2, 0.25) is 0 Å². The summed E-state index contributed by atoms with van der Waals surface area (Å²) >= 11 is 2.88. The minimum Gasteiger partial charge on any atom is -0.467 e. The van der Waals surface area contributed by atoms with E-state index < -0.39 is 0 Å². The van der Waals surface area contributed by atoms with Crippen molar-refractivity contribution in [2.24, 2.45) is 0 Å². The monoisotopic (exact) mass is 423 g/mol. The average Bonchev–Trinajstić information content (AvgIpc) is 3.40. The van der Waals surface area contributed by atoms with Crippen molar-refractivity contribution < 1.29 is 14.0 Å². The molecule has 0 aliphatic heterocycles. The number of hydrogen-bond donors (Lipinski definition) is 2. The summed E-state index contributed by atoms with van der Waals surface area (Å²) in [5, 5.41) is 5.71. The number of carbonyl (C=O) groups is 2. The molecule has 2 aromatic heterocycles. The fourth-order valence-electron chi connectivity index (χ4n) is 2.61. The van der Waals surface area contributed by atoms with Crippen molar-refractivity contribution in [3.8, 4) is 0 Å². The number of anilines is 1. The number of benzene rings is 2. The summed E-state index contributed by atoms with van der Waals surface area (Å²) in [5.74, 6) is 0.755. The van der Waals surface area contributed by atoms with Crippen molar-refractivity contribution in [3.05, 3.63) is 78.3 Å². The molecule has 6 nitrogen and oxygen atoms in total.